The number of carbonyl (C=O) groups excluding carboxylic acids is 1. The number of benzene rings is 2. The van der Waals surface area contributed by atoms with Crippen LogP contribution in [0.3, 0.4) is 0 Å². The van der Waals surface area contributed by atoms with Gasteiger partial charge in [0.2, 0.25) is 5.91 Å². The van der Waals surface area contributed by atoms with Crippen LogP contribution in [-0.4, -0.2) is 5.91 Å². The lowest BCUT2D eigenvalue weighted by molar-refractivity contribution is -0.120. The predicted molar refractivity (Wildman–Crippen MR) is 84.0 cm³/mol. The van der Waals surface area contributed by atoms with Crippen molar-refractivity contribution in [2.75, 3.05) is 0 Å². The summed E-state index contributed by atoms with van der Waals surface area (Å²) in [5.41, 5.74) is 4.66. The van der Waals surface area contributed by atoms with Crippen LogP contribution in [0.25, 0.3) is 0 Å². The van der Waals surface area contributed by atoms with Gasteiger partial charge >= 0.3 is 0 Å². The van der Waals surface area contributed by atoms with Crippen molar-refractivity contribution in [3.63, 3.8) is 0 Å². The standard InChI is InChI=1S/C17H17ClN2O/c18-16-4-2-1-3-13(16)8-17(21)20-9-12-5-6-14-10-19-11-15(14)7-12/h1-7,19H,8-11H2,(H,20,21). The molecule has 0 bridgehead atoms. The zero-order valence-corrected chi connectivity index (χ0v) is 12.4. The fourth-order valence-corrected chi connectivity index (χ4v) is 2.74. The maximum Gasteiger partial charge on any atom is 0.224 e. The monoisotopic (exact) mass is 300 g/mol. The third-order valence-electron chi connectivity index (χ3n) is 3.70. The molecular weight excluding hydrogens is 284 g/mol. The van der Waals surface area contributed by atoms with E-state index in [1.54, 1.807) is 6.07 Å². The first-order valence-electron chi connectivity index (χ1n) is 7.04. The molecule has 3 nitrogen and oxygen atoms in total. The van der Waals surface area contributed by atoms with Crippen LogP contribution < -0.4 is 10.6 Å². The fraction of sp³-hybridized carbons (Fsp3) is 0.235. The number of rotatable bonds is 4. The number of amides is 1. The van der Waals surface area contributed by atoms with Crippen molar-refractivity contribution >= 4 is 17.5 Å². The molecule has 2 N–H and O–H groups in total. The molecule has 0 saturated heterocycles. The Hall–Kier alpha value is -1.84. The summed E-state index contributed by atoms with van der Waals surface area (Å²) in [6, 6.07) is 13.8. The van der Waals surface area contributed by atoms with E-state index in [-0.39, 0.29) is 5.91 Å². The summed E-state index contributed by atoms with van der Waals surface area (Å²) in [5, 5.41) is 6.90. The predicted octanol–water partition coefficient (Wildman–Crippen LogP) is 2.80. The van der Waals surface area contributed by atoms with Gasteiger partial charge in [-0.1, -0.05) is 48.0 Å². The first-order chi connectivity index (χ1) is 10.2. The van der Waals surface area contributed by atoms with E-state index < -0.39 is 0 Å². The Kier molecular flexibility index (Phi) is 4.23. The Morgan fingerprint density at radius 2 is 1.95 bits per heavy atom. The molecule has 1 heterocycles. The van der Waals surface area contributed by atoms with Gasteiger partial charge in [-0.3, -0.25) is 4.79 Å². The maximum absolute atomic E-state index is 12.0. The molecule has 0 radical (unpaired) electrons. The molecule has 21 heavy (non-hydrogen) atoms. The number of carbonyl (C=O) groups is 1. The highest BCUT2D eigenvalue weighted by atomic mass is 35.5. The van der Waals surface area contributed by atoms with E-state index in [0.29, 0.717) is 18.0 Å². The Labute approximate surface area is 129 Å². The number of halogens is 1. The zero-order valence-electron chi connectivity index (χ0n) is 11.7. The van der Waals surface area contributed by atoms with Crippen LogP contribution in [0.2, 0.25) is 5.02 Å². The largest absolute Gasteiger partial charge is 0.352 e. The number of hydrogen-bond donors (Lipinski definition) is 2. The molecule has 108 valence electrons. The van der Waals surface area contributed by atoms with Crippen LogP contribution in [0.4, 0.5) is 0 Å². The summed E-state index contributed by atoms with van der Waals surface area (Å²) in [6.07, 6.45) is 0.312. The summed E-state index contributed by atoms with van der Waals surface area (Å²) in [7, 11) is 0. The van der Waals surface area contributed by atoms with E-state index in [4.69, 9.17) is 11.6 Å². The summed E-state index contributed by atoms with van der Waals surface area (Å²) < 4.78 is 0. The molecule has 3 rings (SSSR count). The van der Waals surface area contributed by atoms with Crippen LogP contribution >= 0.6 is 11.6 Å². The van der Waals surface area contributed by atoms with Crippen molar-refractivity contribution in [3.05, 3.63) is 69.7 Å². The molecule has 0 atom stereocenters. The van der Waals surface area contributed by atoms with E-state index in [9.17, 15) is 4.79 Å². The van der Waals surface area contributed by atoms with E-state index in [0.717, 1.165) is 24.2 Å². The van der Waals surface area contributed by atoms with Gasteiger partial charge in [0, 0.05) is 24.7 Å². The molecule has 0 fully saturated rings. The number of fused-ring (bicyclic) bond motifs is 1. The molecule has 0 aromatic heterocycles. The summed E-state index contributed by atoms with van der Waals surface area (Å²) >= 11 is 6.06. The summed E-state index contributed by atoms with van der Waals surface area (Å²) in [4.78, 5) is 12.0. The smallest absolute Gasteiger partial charge is 0.224 e. The van der Waals surface area contributed by atoms with Gasteiger partial charge in [0.05, 0.1) is 6.42 Å². The number of nitrogens with one attached hydrogen (secondary N) is 2. The minimum Gasteiger partial charge on any atom is -0.352 e. The van der Waals surface area contributed by atoms with Gasteiger partial charge in [-0.15, -0.1) is 0 Å². The molecule has 2 aromatic rings. The molecule has 0 spiro atoms. The fourth-order valence-electron chi connectivity index (χ4n) is 2.54. The molecule has 1 aliphatic rings. The van der Waals surface area contributed by atoms with Crippen molar-refractivity contribution in [3.8, 4) is 0 Å². The van der Waals surface area contributed by atoms with E-state index in [1.807, 2.05) is 18.2 Å². The second-order valence-electron chi connectivity index (χ2n) is 5.25. The lowest BCUT2D eigenvalue weighted by Gasteiger charge is -2.08. The molecule has 0 unspecified atom stereocenters. The molecule has 4 heteroatoms. The van der Waals surface area contributed by atoms with Crippen LogP contribution in [0, 0.1) is 0 Å². The van der Waals surface area contributed by atoms with Gasteiger partial charge < -0.3 is 10.6 Å². The molecule has 2 aromatic carbocycles. The second-order valence-corrected chi connectivity index (χ2v) is 5.66. The van der Waals surface area contributed by atoms with Crippen molar-refractivity contribution in [1.29, 1.82) is 0 Å². The molecule has 0 aliphatic carbocycles. The van der Waals surface area contributed by atoms with E-state index in [2.05, 4.69) is 28.8 Å². The SMILES string of the molecule is O=C(Cc1ccccc1Cl)NCc1ccc2c(c1)CNC2. The summed E-state index contributed by atoms with van der Waals surface area (Å²) in [5.74, 6) is -0.0123. The van der Waals surface area contributed by atoms with E-state index >= 15 is 0 Å². The minimum atomic E-state index is -0.0123. The van der Waals surface area contributed by atoms with Crippen molar-refractivity contribution < 1.29 is 4.79 Å². The normalized spacial score (nSPS) is 13.0. The van der Waals surface area contributed by atoms with Crippen molar-refractivity contribution in [2.45, 2.75) is 26.1 Å². The van der Waals surface area contributed by atoms with Crippen LogP contribution in [0.1, 0.15) is 22.3 Å². The maximum atomic E-state index is 12.0. The first kappa shape index (κ1) is 14.1. The summed E-state index contributed by atoms with van der Waals surface area (Å²) in [6.45, 7) is 2.40. The Balaban J connectivity index is 1.58. The van der Waals surface area contributed by atoms with Gasteiger partial charge in [-0.2, -0.15) is 0 Å². The second kappa shape index (κ2) is 6.29. The van der Waals surface area contributed by atoms with Crippen molar-refractivity contribution in [2.24, 2.45) is 0 Å². The van der Waals surface area contributed by atoms with Crippen LogP contribution in [0.15, 0.2) is 42.5 Å². The molecule has 0 saturated carbocycles. The third kappa shape index (κ3) is 3.43. The van der Waals surface area contributed by atoms with Gasteiger partial charge in [0.15, 0.2) is 0 Å². The van der Waals surface area contributed by atoms with Gasteiger partial charge in [0.25, 0.3) is 0 Å². The Morgan fingerprint density at radius 1 is 1.14 bits per heavy atom. The molecule has 1 aliphatic heterocycles. The number of hydrogen-bond acceptors (Lipinski definition) is 2. The average molecular weight is 301 g/mol. The van der Waals surface area contributed by atoms with Crippen LogP contribution in [-0.2, 0) is 30.8 Å². The molecule has 1 amide bonds. The Morgan fingerprint density at radius 3 is 2.81 bits per heavy atom. The van der Waals surface area contributed by atoms with Crippen molar-refractivity contribution in [1.82, 2.24) is 10.6 Å². The minimum absolute atomic E-state index is 0.0123. The lowest BCUT2D eigenvalue weighted by Crippen LogP contribution is -2.24. The van der Waals surface area contributed by atoms with Gasteiger partial charge in [-0.05, 0) is 28.3 Å². The highest BCUT2D eigenvalue weighted by molar-refractivity contribution is 6.31. The lowest BCUT2D eigenvalue weighted by atomic mass is 10.1. The topological polar surface area (TPSA) is 41.1 Å². The average Bonchev–Trinajstić information content (AvgIpc) is 2.95. The van der Waals surface area contributed by atoms with Crippen LogP contribution in [0.5, 0.6) is 0 Å². The first-order valence-corrected chi connectivity index (χ1v) is 7.41. The quantitative estimate of drug-likeness (QED) is 0.911. The highest BCUT2D eigenvalue weighted by Crippen LogP contribution is 2.17. The van der Waals surface area contributed by atoms with Gasteiger partial charge in [0.1, 0.15) is 0 Å². The molecular formula is C17H17ClN2O. The van der Waals surface area contributed by atoms with Gasteiger partial charge in [-0.25, -0.2) is 0 Å². The third-order valence-corrected chi connectivity index (χ3v) is 4.07. The highest BCUT2D eigenvalue weighted by Gasteiger charge is 2.11. The Bertz CT molecular complexity index is 670. The zero-order chi connectivity index (χ0) is 14.7. The van der Waals surface area contributed by atoms with E-state index in [1.165, 1.54) is 11.1 Å².